The molecule has 1 N–H and O–H groups in total. The van der Waals surface area contributed by atoms with Gasteiger partial charge in [0, 0.05) is 22.7 Å². The minimum Gasteiger partial charge on any atom is -0.345 e. The fraction of sp³-hybridized carbons (Fsp3) is 0.174. The SMILES string of the molecule is Cn1ncc2c(C(=O)NC3CCc4ccccc43)cc(-c3cc(Cl)cc(Cl)c3)nc21. The Labute approximate surface area is 183 Å². The predicted molar refractivity (Wildman–Crippen MR) is 119 cm³/mol. The van der Waals surface area contributed by atoms with Crippen LogP contribution >= 0.6 is 23.2 Å². The fourth-order valence-corrected chi connectivity index (χ4v) is 4.62. The summed E-state index contributed by atoms with van der Waals surface area (Å²) < 4.78 is 1.66. The molecule has 150 valence electrons. The van der Waals surface area contributed by atoms with Crippen LogP contribution in [0.1, 0.15) is 33.9 Å². The molecule has 5 nitrogen and oxygen atoms in total. The van der Waals surface area contributed by atoms with E-state index in [4.69, 9.17) is 28.2 Å². The maximum absolute atomic E-state index is 13.3. The molecule has 2 aromatic carbocycles. The normalized spacial score (nSPS) is 15.4. The number of hydrogen-bond acceptors (Lipinski definition) is 3. The van der Waals surface area contributed by atoms with E-state index >= 15 is 0 Å². The first-order valence-electron chi connectivity index (χ1n) is 9.67. The molecule has 5 rings (SSSR count). The predicted octanol–water partition coefficient (Wildman–Crippen LogP) is 5.36. The van der Waals surface area contributed by atoms with Gasteiger partial charge in [-0.15, -0.1) is 0 Å². The minimum absolute atomic E-state index is 0.00218. The van der Waals surface area contributed by atoms with Gasteiger partial charge in [0.05, 0.1) is 28.9 Å². The van der Waals surface area contributed by atoms with Gasteiger partial charge in [-0.05, 0) is 48.2 Å². The van der Waals surface area contributed by atoms with Crippen LogP contribution in [0.2, 0.25) is 10.0 Å². The molecule has 2 aromatic heterocycles. The molecule has 7 heteroatoms. The molecule has 1 atom stereocenters. The summed E-state index contributed by atoms with van der Waals surface area (Å²) in [7, 11) is 1.80. The Balaban J connectivity index is 1.57. The number of nitrogens with zero attached hydrogens (tertiary/aromatic N) is 3. The number of hydrogen-bond donors (Lipinski definition) is 1. The van der Waals surface area contributed by atoms with Crippen LogP contribution in [0.4, 0.5) is 0 Å². The Hall–Kier alpha value is -2.89. The number of amides is 1. The lowest BCUT2D eigenvalue weighted by Gasteiger charge is -2.15. The van der Waals surface area contributed by atoms with Gasteiger partial charge in [0.25, 0.3) is 5.91 Å². The quantitative estimate of drug-likeness (QED) is 0.470. The van der Waals surface area contributed by atoms with Crippen LogP contribution in [0.5, 0.6) is 0 Å². The Bertz CT molecular complexity index is 1280. The summed E-state index contributed by atoms with van der Waals surface area (Å²) in [5.74, 6) is -0.147. The third-order valence-corrected chi connectivity index (χ3v) is 5.98. The number of fused-ring (bicyclic) bond motifs is 2. The van der Waals surface area contributed by atoms with Crippen LogP contribution in [-0.4, -0.2) is 20.7 Å². The highest BCUT2D eigenvalue weighted by Gasteiger charge is 2.25. The molecular weight excluding hydrogens is 419 g/mol. The zero-order chi connectivity index (χ0) is 20.8. The van der Waals surface area contributed by atoms with E-state index in [-0.39, 0.29) is 11.9 Å². The second-order valence-electron chi connectivity index (χ2n) is 7.48. The average molecular weight is 437 g/mol. The second-order valence-corrected chi connectivity index (χ2v) is 8.36. The topological polar surface area (TPSA) is 59.8 Å². The Morgan fingerprint density at radius 1 is 1.13 bits per heavy atom. The number of aromatic nitrogens is 3. The van der Waals surface area contributed by atoms with Crippen molar-refractivity contribution in [1.82, 2.24) is 20.1 Å². The number of aryl methyl sites for hydroxylation is 2. The zero-order valence-electron chi connectivity index (χ0n) is 16.2. The monoisotopic (exact) mass is 436 g/mol. The van der Waals surface area contributed by atoms with Gasteiger partial charge >= 0.3 is 0 Å². The van der Waals surface area contributed by atoms with Gasteiger partial charge in [-0.2, -0.15) is 5.10 Å². The van der Waals surface area contributed by atoms with Gasteiger partial charge in [-0.3, -0.25) is 9.48 Å². The average Bonchev–Trinajstić information content (AvgIpc) is 3.30. The largest absolute Gasteiger partial charge is 0.345 e. The van der Waals surface area contributed by atoms with Crippen molar-refractivity contribution in [2.75, 3.05) is 0 Å². The molecule has 1 unspecified atom stereocenters. The summed E-state index contributed by atoms with van der Waals surface area (Å²) in [6.07, 6.45) is 3.53. The lowest BCUT2D eigenvalue weighted by Crippen LogP contribution is -2.27. The minimum atomic E-state index is -0.147. The van der Waals surface area contributed by atoms with Crippen LogP contribution in [0.25, 0.3) is 22.3 Å². The molecule has 0 aliphatic heterocycles. The molecule has 0 radical (unpaired) electrons. The van der Waals surface area contributed by atoms with Crippen LogP contribution in [0.3, 0.4) is 0 Å². The van der Waals surface area contributed by atoms with Gasteiger partial charge in [0.2, 0.25) is 0 Å². The van der Waals surface area contributed by atoms with Gasteiger partial charge in [-0.1, -0.05) is 47.5 Å². The second kappa shape index (κ2) is 7.42. The first-order valence-corrected chi connectivity index (χ1v) is 10.4. The van der Waals surface area contributed by atoms with Crippen LogP contribution in [-0.2, 0) is 13.5 Å². The van der Waals surface area contributed by atoms with E-state index < -0.39 is 0 Å². The molecule has 1 amide bonds. The number of nitrogens with one attached hydrogen (secondary N) is 1. The van der Waals surface area contributed by atoms with Crippen molar-refractivity contribution >= 4 is 40.1 Å². The molecule has 1 aliphatic carbocycles. The maximum Gasteiger partial charge on any atom is 0.252 e. The van der Waals surface area contributed by atoms with Crippen molar-refractivity contribution < 1.29 is 4.79 Å². The van der Waals surface area contributed by atoms with Crippen LogP contribution in [0.15, 0.2) is 54.7 Å². The summed E-state index contributed by atoms with van der Waals surface area (Å²) in [5.41, 5.74) is 5.00. The summed E-state index contributed by atoms with van der Waals surface area (Å²) >= 11 is 12.4. The molecule has 0 fully saturated rings. The van der Waals surface area contributed by atoms with E-state index in [1.54, 1.807) is 42.2 Å². The zero-order valence-corrected chi connectivity index (χ0v) is 17.7. The van der Waals surface area contributed by atoms with E-state index in [2.05, 4.69) is 22.5 Å². The Morgan fingerprint density at radius 3 is 2.70 bits per heavy atom. The number of rotatable bonds is 3. The van der Waals surface area contributed by atoms with E-state index in [1.165, 1.54) is 11.1 Å². The number of pyridine rings is 1. The highest BCUT2D eigenvalue weighted by atomic mass is 35.5. The number of halogens is 2. The van der Waals surface area contributed by atoms with Crippen molar-refractivity contribution in [3.05, 3.63) is 81.5 Å². The maximum atomic E-state index is 13.3. The summed E-state index contributed by atoms with van der Waals surface area (Å²) in [4.78, 5) is 18.0. The van der Waals surface area contributed by atoms with Crippen molar-refractivity contribution in [3.63, 3.8) is 0 Å². The molecule has 1 aliphatic rings. The summed E-state index contributed by atoms with van der Waals surface area (Å²) in [5, 5.41) is 9.23. The van der Waals surface area contributed by atoms with Crippen molar-refractivity contribution in [3.8, 4) is 11.3 Å². The molecule has 0 saturated heterocycles. The third-order valence-electron chi connectivity index (χ3n) is 5.55. The smallest absolute Gasteiger partial charge is 0.252 e. The van der Waals surface area contributed by atoms with Gasteiger partial charge in [0.15, 0.2) is 5.65 Å². The molecule has 0 spiro atoms. The van der Waals surface area contributed by atoms with Crippen LogP contribution < -0.4 is 5.32 Å². The molecular formula is C23H18Cl2N4O. The molecule has 0 saturated carbocycles. The fourth-order valence-electron chi connectivity index (χ4n) is 4.10. The van der Waals surface area contributed by atoms with Crippen molar-refractivity contribution in [1.29, 1.82) is 0 Å². The van der Waals surface area contributed by atoms with Crippen molar-refractivity contribution in [2.24, 2.45) is 7.05 Å². The molecule has 2 heterocycles. The molecule has 4 aromatic rings. The highest BCUT2D eigenvalue weighted by molar-refractivity contribution is 6.35. The van der Waals surface area contributed by atoms with E-state index in [1.807, 2.05) is 12.1 Å². The summed E-state index contributed by atoms with van der Waals surface area (Å²) in [6, 6.07) is 15.3. The Kier molecular flexibility index (Phi) is 4.72. The number of carbonyl (C=O) groups is 1. The third kappa shape index (κ3) is 3.34. The lowest BCUT2D eigenvalue weighted by molar-refractivity contribution is 0.0938. The highest BCUT2D eigenvalue weighted by Crippen LogP contribution is 2.32. The first-order chi connectivity index (χ1) is 14.5. The number of benzene rings is 2. The van der Waals surface area contributed by atoms with Crippen LogP contribution in [0, 0.1) is 0 Å². The molecule has 0 bridgehead atoms. The van der Waals surface area contributed by atoms with Gasteiger partial charge in [0.1, 0.15) is 0 Å². The summed E-state index contributed by atoms with van der Waals surface area (Å²) in [6.45, 7) is 0. The standard InChI is InChI=1S/C23H18Cl2N4O/c1-29-22-19(12-26-29)18(11-21(27-22)14-8-15(24)10-16(25)9-14)23(30)28-20-7-6-13-4-2-3-5-17(13)20/h2-5,8-12,20H,6-7H2,1H3,(H,28,30). The molecule has 30 heavy (non-hydrogen) atoms. The van der Waals surface area contributed by atoms with Gasteiger partial charge in [-0.25, -0.2) is 4.98 Å². The van der Waals surface area contributed by atoms with Crippen molar-refractivity contribution in [2.45, 2.75) is 18.9 Å². The van der Waals surface area contributed by atoms with E-state index in [9.17, 15) is 4.79 Å². The lowest BCUT2D eigenvalue weighted by atomic mass is 10.0. The van der Waals surface area contributed by atoms with Gasteiger partial charge < -0.3 is 5.32 Å². The first kappa shape index (κ1) is 19.1. The number of carbonyl (C=O) groups excluding carboxylic acids is 1. The Morgan fingerprint density at radius 2 is 1.90 bits per heavy atom. The van der Waals surface area contributed by atoms with E-state index in [0.717, 1.165) is 18.4 Å². The van der Waals surface area contributed by atoms with E-state index in [0.29, 0.717) is 32.3 Å².